The molecular formula is C21H22N2O2S. The van der Waals surface area contributed by atoms with Crippen LogP contribution < -0.4 is 5.32 Å². The third kappa shape index (κ3) is 4.55. The van der Waals surface area contributed by atoms with Gasteiger partial charge in [0.15, 0.2) is 5.76 Å². The summed E-state index contributed by atoms with van der Waals surface area (Å²) in [5.41, 5.74) is 5.46. The van der Waals surface area contributed by atoms with Crippen LogP contribution in [-0.2, 0) is 11.2 Å². The Kier molecular flexibility index (Phi) is 5.78. The molecule has 0 bridgehead atoms. The highest BCUT2D eigenvalue weighted by Crippen LogP contribution is 2.27. The van der Waals surface area contributed by atoms with Crippen LogP contribution in [0, 0.1) is 13.8 Å². The summed E-state index contributed by atoms with van der Waals surface area (Å²) >= 11 is 1.29. The Morgan fingerprint density at radius 3 is 2.77 bits per heavy atom. The Hall–Kier alpha value is -2.53. The van der Waals surface area contributed by atoms with E-state index in [9.17, 15) is 4.79 Å². The normalized spacial score (nSPS) is 10.7. The number of anilines is 1. The quantitative estimate of drug-likeness (QED) is 0.605. The molecular weight excluding hydrogens is 344 g/mol. The lowest BCUT2D eigenvalue weighted by Crippen LogP contribution is -2.14. The first-order valence-electron chi connectivity index (χ1n) is 8.60. The molecule has 4 nitrogen and oxygen atoms in total. The van der Waals surface area contributed by atoms with Crippen molar-refractivity contribution in [1.82, 2.24) is 4.98 Å². The van der Waals surface area contributed by atoms with Crippen LogP contribution >= 0.6 is 11.8 Å². The summed E-state index contributed by atoms with van der Waals surface area (Å²) in [5, 5.41) is 3.41. The first-order chi connectivity index (χ1) is 12.5. The molecule has 3 aromatic rings. The molecule has 0 fully saturated rings. The number of hydrogen-bond donors (Lipinski definition) is 1. The molecule has 1 amide bonds. The van der Waals surface area contributed by atoms with Gasteiger partial charge in [0, 0.05) is 11.3 Å². The SMILES string of the molecule is CCc1cccc(NC(=O)CSc2ncc(-c3ccc(C)c(C)c3)o2)c1. The molecule has 1 aromatic heterocycles. The Labute approximate surface area is 158 Å². The number of carbonyl (C=O) groups is 1. The van der Waals surface area contributed by atoms with Gasteiger partial charge in [-0.15, -0.1) is 0 Å². The van der Waals surface area contributed by atoms with Crippen LogP contribution in [-0.4, -0.2) is 16.6 Å². The van der Waals surface area contributed by atoms with Crippen LogP contribution in [0.25, 0.3) is 11.3 Å². The molecule has 0 aliphatic carbocycles. The summed E-state index contributed by atoms with van der Waals surface area (Å²) in [4.78, 5) is 16.4. The number of aryl methyl sites for hydroxylation is 3. The van der Waals surface area contributed by atoms with Gasteiger partial charge in [0.2, 0.25) is 5.91 Å². The van der Waals surface area contributed by atoms with Gasteiger partial charge in [0.05, 0.1) is 11.9 Å². The molecule has 5 heteroatoms. The van der Waals surface area contributed by atoms with Crippen LogP contribution in [0.4, 0.5) is 5.69 Å². The van der Waals surface area contributed by atoms with Crippen molar-refractivity contribution in [2.75, 3.05) is 11.1 Å². The second kappa shape index (κ2) is 8.23. The number of oxazole rings is 1. The molecule has 3 rings (SSSR count). The average molecular weight is 366 g/mol. The van der Waals surface area contributed by atoms with Crippen LogP contribution in [0.2, 0.25) is 0 Å². The van der Waals surface area contributed by atoms with E-state index in [0.717, 1.165) is 17.7 Å². The number of nitrogens with one attached hydrogen (secondary N) is 1. The maximum Gasteiger partial charge on any atom is 0.256 e. The van der Waals surface area contributed by atoms with E-state index < -0.39 is 0 Å². The Morgan fingerprint density at radius 1 is 1.15 bits per heavy atom. The maximum atomic E-state index is 12.1. The predicted molar refractivity (Wildman–Crippen MR) is 107 cm³/mol. The summed E-state index contributed by atoms with van der Waals surface area (Å²) in [5.74, 6) is 0.893. The first-order valence-corrected chi connectivity index (χ1v) is 9.58. The zero-order valence-electron chi connectivity index (χ0n) is 15.2. The lowest BCUT2D eigenvalue weighted by molar-refractivity contribution is -0.113. The van der Waals surface area contributed by atoms with E-state index in [2.05, 4.69) is 43.2 Å². The Morgan fingerprint density at radius 2 is 2.00 bits per heavy atom. The molecule has 1 N–H and O–H groups in total. The smallest absolute Gasteiger partial charge is 0.256 e. The monoisotopic (exact) mass is 366 g/mol. The van der Waals surface area contributed by atoms with Gasteiger partial charge in [-0.25, -0.2) is 4.98 Å². The average Bonchev–Trinajstić information content (AvgIpc) is 3.11. The molecule has 26 heavy (non-hydrogen) atoms. The standard InChI is InChI=1S/C21H22N2O2S/c1-4-16-6-5-7-18(11-16)23-20(24)13-26-21-22-12-19(25-21)17-9-8-14(2)15(3)10-17/h5-12H,4,13H2,1-3H3,(H,23,24). The zero-order valence-corrected chi connectivity index (χ0v) is 16.0. The number of rotatable bonds is 6. The van der Waals surface area contributed by atoms with E-state index in [1.54, 1.807) is 6.20 Å². The number of amides is 1. The summed E-state index contributed by atoms with van der Waals surface area (Å²) in [6, 6.07) is 14.0. The highest BCUT2D eigenvalue weighted by molar-refractivity contribution is 7.99. The zero-order chi connectivity index (χ0) is 18.5. The van der Waals surface area contributed by atoms with E-state index in [4.69, 9.17) is 4.42 Å². The van der Waals surface area contributed by atoms with Gasteiger partial charge < -0.3 is 9.73 Å². The number of thioether (sulfide) groups is 1. The largest absolute Gasteiger partial charge is 0.431 e. The van der Waals surface area contributed by atoms with Gasteiger partial charge in [0.25, 0.3) is 5.22 Å². The van der Waals surface area contributed by atoms with E-state index in [-0.39, 0.29) is 11.7 Å². The number of aromatic nitrogens is 1. The minimum Gasteiger partial charge on any atom is -0.431 e. The van der Waals surface area contributed by atoms with E-state index in [1.165, 1.54) is 28.5 Å². The molecule has 0 spiro atoms. The van der Waals surface area contributed by atoms with Crippen molar-refractivity contribution < 1.29 is 9.21 Å². The number of nitrogens with zero attached hydrogens (tertiary/aromatic N) is 1. The molecule has 2 aromatic carbocycles. The number of hydrogen-bond acceptors (Lipinski definition) is 4. The van der Waals surface area contributed by atoms with Crippen LogP contribution in [0.15, 0.2) is 58.3 Å². The molecule has 0 atom stereocenters. The van der Waals surface area contributed by atoms with Crippen molar-refractivity contribution in [3.05, 3.63) is 65.4 Å². The molecule has 134 valence electrons. The van der Waals surface area contributed by atoms with Crippen molar-refractivity contribution in [2.45, 2.75) is 32.4 Å². The second-order valence-electron chi connectivity index (χ2n) is 6.18. The summed E-state index contributed by atoms with van der Waals surface area (Å²) in [7, 11) is 0. The van der Waals surface area contributed by atoms with Crippen molar-refractivity contribution in [3.8, 4) is 11.3 Å². The Balaban J connectivity index is 1.59. The van der Waals surface area contributed by atoms with Crippen molar-refractivity contribution in [3.63, 3.8) is 0 Å². The van der Waals surface area contributed by atoms with Gasteiger partial charge in [-0.05, 0) is 55.2 Å². The van der Waals surface area contributed by atoms with Crippen LogP contribution in [0.5, 0.6) is 0 Å². The molecule has 1 heterocycles. The van der Waals surface area contributed by atoms with Gasteiger partial charge in [0.1, 0.15) is 0 Å². The fraction of sp³-hybridized carbons (Fsp3) is 0.238. The minimum absolute atomic E-state index is 0.0748. The number of benzene rings is 2. The fourth-order valence-corrected chi connectivity index (χ4v) is 3.15. The van der Waals surface area contributed by atoms with E-state index in [0.29, 0.717) is 11.0 Å². The summed E-state index contributed by atoms with van der Waals surface area (Å²) in [6.07, 6.45) is 2.64. The first kappa shape index (κ1) is 18.3. The maximum absolute atomic E-state index is 12.1. The third-order valence-electron chi connectivity index (χ3n) is 4.22. The van der Waals surface area contributed by atoms with E-state index in [1.807, 2.05) is 30.3 Å². The predicted octanol–water partition coefficient (Wildman–Crippen LogP) is 5.25. The molecule has 0 aliphatic heterocycles. The highest BCUT2D eigenvalue weighted by atomic mass is 32.2. The van der Waals surface area contributed by atoms with Crippen molar-refractivity contribution >= 4 is 23.4 Å². The third-order valence-corrected chi connectivity index (χ3v) is 5.06. The summed E-state index contributed by atoms with van der Waals surface area (Å²) in [6.45, 7) is 6.24. The lowest BCUT2D eigenvalue weighted by atomic mass is 10.1. The lowest BCUT2D eigenvalue weighted by Gasteiger charge is -2.05. The Bertz CT molecular complexity index is 918. The fourth-order valence-electron chi connectivity index (χ4n) is 2.55. The second-order valence-corrected chi connectivity index (χ2v) is 7.11. The van der Waals surface area contributed by atoms with E-state index >= 15 is 0 Å². The van der Waals surface area contributed by atoms with Gasteiger partial charge in [-0.1, -0.05) is 43.0 Å². The molecule has 0 radical (unpaired) electrons. The molecule has 0 aliphatic rings. The van der Waals surface area contributed by atoms with Crippen LogP contribution in [0.1, 0.15) is 23.6 Å². The molecule has 0 unspecified atom stereocenters. The number of carbonyl (C=O) groups excluding carboxylic acids is 1. The molecule has 0 saturated carbocycles. The summed E-state index contributed by atoms with van der Waals surface area (Å²) < 4.78 is 5.77. The van der Waals surface area contributed by atoms with Gasteiger partial charge in [-0.3, -0.25) is 4.79 Å². The van der Waals surface area contributed by atoms with Crippen LogP contribution in [0.3, 0.4) is 0 Å². The minimum atomic E-state index is -0.0748. The topological polar surface area (TPSA) is 55.1 Å². The van der Waals surface area contributed by atoms with Crippen molar-refractivity contribution in [1.29, 1.82) is 0 Å². The highest BCUT2D eigenvalue weighted by Gasteiger charge is 2.10. The molecule has 0 saturated heterocycles. The van der Waals surface area contributed by atoms with Gasteiger partial charge >= 0.3 is 0 Å². The van der Waals surface area contributed by atoms with Gasteiger partial charge in [-0.2, -0.15) is 0 Å². The van der Waals surface area contributed by atoms with Crippen molar-refractivity contribution in [2.24, 2.45) is 0 Å².